The molecule has 0 spiro atoms. The first kappa shape index (κ1) is 23.1. The van der Waals surface area contributed by atoms with Crippen LogP contribution >= 0.6 is 11.6 Å². The van der Waals surface area contributed by atoms with Crippen LogP contribution in [0, 0.1) is 17.2 Å². The summed E-state index contributed by atoms with van der Waals surface area (Å²) in [4.78, 5) is 13.7. The lowest BCUT2D eigenvalue weighted by Gasteiger charge is -2.36. The number of aromatic amines is 1. The molecule has 33 heavy (non-hydrogen) atoms. The van der Waals surface area contributed by atoms with Crippen LogP contribution in [-0.2, 0) is 18.8 Å². The largest absolute Gasteiger partial charge is 0.451 e. The highest BCUT2D eigenvalue weighted by atomic mass is 35.5. The van der Waals surface area contributed by atoms with Gasteiger partial charge in [0.25, 0.3) is 0 Å². The van der Waals surface area contributed by atoms with E-state index < -0.39 is 41.9 Å². The molecule has 0 amide bonds. The molecule has 13 heteroatoms. The van der Waals surface area contributed by atoms with Crippen LogP contribution in [-0.4, -0.2) is 26.5 Å². The molecule has 3 heterocycles. The van der Waals surface area contributed by atoms with E-state index in [1.54, 1.807) is 25.1 Å². The highest BCUT2D eigenvalue weighted by Gasteiger charge is 2.43. The number of rotatable bonds is 3. The minimum absolute atomic E-state index is 0.0356. The number of hydrogen-bond acceptors (Lipinski definition) is 5. The second-order valence-corrected chi connectivity index (χ2v) is 8.15. The zero-order valence-electron chi connectivity index (χ0n) is 16.9. The standard InChI is InChI=1S/C20H15ClF6N6/c1-9(8-28)6-14-15-11(12-7-10(21)2-3-13(12)29-15)4-5-33(14)18-31-16(19(22,23)24)30-17(32-18)20(25,26)27/h2-3,7,9,14,29H,4-6H2,1H3/t9-,14?/m1/s1. The van der Waals surface area contributed by atoms with E-state index in [4.69, 9.17) is 11.6 Å². The van der Waals surface area contributed by atoms with Crippen molar-refractivity contribution >= 4 is 28.5 Å². The van der Waals surface area contributed by atoms with Crippen molar-refractivity contribution in [2.24, 2.45) is 5.92 Å². The Labute approximate surface area is 188 Å². The Morgan fingerprint density at radius 3 is 2.36 bits per heavy atom. The van der Waals surface area contributed by atoms with E-state index in [0.717, 1.165) is 10.9 Å². The predicted molar refractivity (Wildman–Crippen MR) is 106 cm³/mol. The number of H-pyrrole nitrogens is 1. The molecule has 1 unspecified atom stereocenters. The number of aromatic nitrogens is 4. The van der Waals surface area contributed by atoms with Gasteiger partial charge in [0.2, 0.25) is 17.6 Å². The van der Waals surface area contributed by atoms with Gasteiger partial charge in [-0.3, -0.25) is 0 Å². The number of halogens is 7. The number of fused-ring (bicyclic) bond motifs is 3. The molecular weight excluding hydrogens is 474 g/mol. The maximum absolute atomic E-state index is 13.3. The number of nitriles is 1. The zero-order valence-corrected chi connectivity index (χ0v) is 17.6. The van der Waals surface area contributed by atoms with Crippen molar-refractivity contribution in [1.29, 1.82) is 5.26 Å². The van der Waals surface area contributed by atoms with Crippen molar-refractivity contribution in [3.05, 3.63) is 46.1 Å². The van der Waals surface area contributed by atoms with Crippen molar-refractivity contribution in [1.82, 2.24) is 19.9 Å². The topological polar surface area (TPSA) is 81.5 Å². The maximum Gasteiger partial charge on any atom is 0.451 e. The van der Waals surface area contributed by atoms with Gasteiger partial charge in [-0.25, -0.2) is 4.98 Å². The highest BCUT2D eigenvalue weighted by Crippen LogP contribution is 2.41. The van der Waals surface area contributed by atoms with Crippen LogP contribution in [0.15, 0.2) is 18.2 Å². The molecule has 1 aromatic carbocycles. The van der Waals surface area contributed by atoms with E-state index >= 15 is 0 Å². The second-order valence-electron chi connectivity index (χ2n) is 7.71. The van der Waals surface area contributed by atoms with Gasteiger partial charge in [-0.1, -0.05) is 11.6 Å². The van der Waals surface area contributed by atoms with Crippen LogP contribution in [0.1, 0.15) is 42.3 Å². The van der Waals surface area contributed by atoms with E-state index in [0.29, 0.717) is 22.7 Å². The molecule has 6 nitrogen and oxygen atoms in total. The molecule has 1 aliphatic rings. The van der Waals surface area contributed by atoms with Crippen molar-refractivity contribution in [3.8, 4) is 6.07 Å². The first-order chi connectivity index (χ1) is 15.4. The lowest BCUT2D eigenvalue weighted by molar-refractivity contribution is -0.155. The van der Waals surface area contributed by atoms with Crippen LogP contribution < -0.4 is 4.90 Å². The third kappa shape index (κ3) is 4.42. The summed E-state index contributed by atoms with van der Waals surface area (Å²) in [6.45, 7) is 1.65. The summed E-state index contributed by atoms with van der Waals surface area (Å²) in [6.07, 6.45) is -9.99. The first-order valence-electron chi connectivity index (χ1n) is 9.75. The predicted octanol–water partition coefficient (Wildman–Crippen LogP) is 5.70. The molecule has 1 N–H and O–H groups in total. The van der Waals surface area contributed by atoms with E-state index in [9.17, 15) is 31.6 Å². The Kier molecular flexibility index (Phi) is 5.64. The van der Waals surface area contributed by atoms with Crippen molar-refractivity contribution in [2.45, 2.75) is 38.2 Å². The van der Waals surface area contributed by atoms with Crippen LogP contribution in [0.3, 0.4) is 0 Å². The first-order valence-corrected chi connectivity index (χ1v) is 10.1. The summed E-state index contributed by atoms with van der Waals surface area (Å²) in [5, 5.41) is 10.6. The van der Waals surface area contributed by atoms with Gasteiger partial charge in [0.1, 0.15) is 0 Å². The molecule has 0 aliphatic carbocycles. The molecule has 1 aliphatic heterocycles. The highest BCUT2D eigenvalue weighted by molar-refractivity contribution is 6.31. The number of hydrogen-bond donors (Lipinski definition) is 1. The second kappa shape index (κ2) is 8.06. The fourth-order valence-corrected chi connectivity index (χ4v) is 4.13. The van der Waals surface area contributed by atoms with Gasteiger partial charge in [-0.15, -0.1) is 0 Å². The van der Waals surface area contributed by atoms with E-state index in [2.05, 4.69) is 26.0 Å². The lowest BCUT2D eigenvalue weighted by Crippen LogP contribution is -2.38. The third-order valence-electron chi connectivity index (χ3n) is 5.40. The minimum Gasteiger partial charge on any atom is -0.356 e. The number of anilines is 1. The lowest BCUT2D eigenvalue weighted by atomic mass is 9.91. The van der Waals surface area contributed by atoms with Gasteiger partial charge in [0.05, 0.1) is 12.1 Å². The van der Waals surface area contributed by atoms with Crippen LogP contribution in [0.4, 0.5) is 32.3 Å². The summed E-state index contributed by atoms with van der Waals surface area (Å²) in [7, 11) is 0. The number of alkyl halides is 6. The van der Waals surface area contributed by atoms with E-state index in [1.165, 1.54) is 4.90 Å². The summed E-state index contributed by atoms with van der Waals surface area (Å²) >= 11 is 6.10. The number of benzene rings is 1. The summed E-state index contributed by atoms with van der Waals surface area (Å²) < 4.78 is 79.7. The zero-order chi connectivity index (χ0) is 24.1. The van der Waals surface area contributed by atoms with Gasteiger partial charge in [0.15, 0.2) is 0 Å². The SMILES string of the molecule is C[C@@H](C#N)CC1c2[nH]c3ccc(Cl)cc3c2CCN1c1nc(C(F)(F)F)nc(C(F)(F)F)n1. The van der Waals surface area contributed by atoms with Crippen LogP contribution in [0.2, 0.25) is 5.02 Å². The molecule has 0 fully saturated rings. The molecule has 0 bridgehead atoms. The third-order valence-corrected chi connectivity index (χ3v) is 5.63. The van der Waals surface area contributed by atoms with E-state index in [-0.39, 0.29) is 13.0 Å². The van der Waals surface area contributed by atoms with Gasteiger partial charge in [0, 0.05) is 34.1 Å². The average molecular weight is 489 g/mol. The van der Waals surface area contributed by atoms with Gasteiger partial charge in [-0.2, -0.15) is 41.6 Å². The fraction of sp³-hybridized carbons (Fsp3) is 0.400. The molecule has 4 rings (SSSR count). The van der Waals surface area contributed by atoms with Crippen LogP contribution in [0.25, 0.3) is 10.9 Å². The van der Waals surface area contributed by atoms with Crippen LogP contribution in [0.5, 0.6) is 0 Å². The quantitative estimate of drug-likeness (QED) is 0.478. The minimum atomic E-state index is -5.20. The number of nitrogens with zero attached hydrogens (tertiary/aromatic N) is 5. The molecule has 174 valence electrons. The Morgan fingerprint density at radius 2 is 1.79 bits per heavy atom. The van der Waals surface area contributed by atoms with Crippen molar-refractivity contribution in [2.75, 3.05) is 11.4 Å². The molecule has 2 aromatic heterocycles. The summed E-state index contributed by atoms with van der Waals surface area (Å²) in [5.41, 5.74) is 2.12. The molecule has 3 aromatic rings. The van der Waals surface area contributed by atoms with E-state index in [1.807, 2.05) is 0 Å². The fourth-order valence-electron chi connectivity index (χ4n) is 3.96. The molecule has 0 saturated heterocycles. The molecular formula is C20H15ClF6N6. The van der Waals surface area contributed by atoms with Crippen molar-refractivity contribution < 1.29 is 26.3 Å². The Hall–Kier alpha value is -3.07. The summed E-state index contributed by atoms with van der Waals surface area (Å²) in [5.74, 6) is -5.16. The monoisotopic (exact) mass is 488 g/mol. The molecule has 0 radical (unpaired) electrons. The maximum atomic E-state index is 13.3. The van der Waals surface area contributed by atoms with Gasteiger partial charge >= 0.3 is 12.4 Å². The Morgan fingerprint density at radius 1 is 1.15 bits per heavy atom. The summed E-state index contributed by atoms with van der Waals surface area (Å²) in [6, 6.07) is 6.42. The molecule has 0 saturated carbocycles. The Bertz CT molecular complexity index is 1210. The average Bonchev–Trinajstić information content (AvgIpc) is 3.10. The molecule has 2 atom stereocenters. The number of nitrogens with one attached hydrogen (secondary N) is 1. The van der Waals surface area contributed by atoms with Gasteiger partial charge < -0.3 is 9.88 Å². The Balaban J connectivity index is 1.88. The smallest absolute Gasteiger partial charge is 0.356 e. The van der Waals surface area contributed by atoms with Crippen molar-refractivity contribution in [3.63, 3.8) is 0 Å². The normalized spacial score (nSPS) is 17.7. The van der Waals surface area contributed by atoms with Gasteiger partial charge in [-0.05, 0) is 43.5 Å².